The third-order valence-electron chi connectivity index (χ3n) is 2.71. The molecule has 0 aliphatic carbocycles. The van der Waals surface area contributed by atoms with Crippen molar-refractivity contribution in [2.24, 2.45) is 0 Å². The Kier molecular flexibility index (Phi) is 4.14. The molecule has 2 heterocycles. The molecule has 1 N–H and O–H groups in total. The molecule has 0 fully saturated rings. The van der Waals surface area contributed by atoms with Crippen LogP contribution in [0.1, 0.15) is 21.3 Å². The highest BCUT2D eigenvalue weighted by atomic mass is 32.1. The smallest absolute Gasteiger partial charge is 0.328 e. The first kappa shape index (κ1) is 14.2. The van der Waals surface area contributed by atoms with E-state index in [0.29, 0.717) is 18.1 Å². The summed E-state index contributed by atoms with van der Waals surface area (Å²) in [6.07, 6.45) is 2.64. The van der Waals surface area contributed by atoms with Crippen LogP contribution in [0.4, 0.5) is 0 Å². The van der Waals surface area contributed by atoms with E-state index in [1.807, 2.05) is 12.1 Å². The molecular weight excluding hydrogens is 276 g/mol. The normalized spacial score (nSPS) is 11.1. The molecule has 0 unspecified atom stereocenters. The molecule has 0 spiro atoms. The minimum atomic E-state index is -0.977. The van der Waals surface area contributed by atoms with Crippen LogP contribution in [0.25, 0.3) is 6.08 Å². The van der Waals surface area contributed by atoms with Crippen molar-refractivity contribution in [3.05, 3.63) is 55.9 Å². The molecule has 2 aromatic heterocycles. The molecular formula is C14H14N2O3S. The van der Waals surface area contributed by atoms with Crippen LogP contribution in [0.15, 0.2) is 29.1 Å². The van der Waals surface area contributed by atoms with Crippen LogP contribution in [0.3, 0.4) is 0 Å². The van der Waals surface area contributed by atoms with E-state index < -0.39 is 5.97 Å². The number of aryl methyl sites for hydroxylation is 2. The lowest BCUT2D eigenvalue weighted by atomic mass is 10.3. The lowest BCUT2D eigenvalue weighted by Crippen LogP contribution is -2.23. The maximum Gasteiger partial charge on any atom is 0.328 e. The van der Waals surface area contributed by atoms with Crippen molar-refractivity contribution in [2.45, 2.75) is 20.4 Å². The van der Waals surface area contributed by atoms with Crippen molar-refractivity contribution in [1.82, 2.24) is 9.55 Å². The van der Waals surface area contributed by atoms with E-state index in [2.05, 4.69) is 4.98 Å². The second kappa shape index (κ2) is 5.83. The van der Waals surface area contributed by atoms with Crippen molar-refractivity contribution in [3.8, 4) is 0 Å². The van der Waals surface area contributed by atoms with Crippen molar-refractivity contribution in [1.29, 1.82) is 0 Å². The van der Waals surface area contributed by atoms with Gasteiger partial charge in [-0.2, -0.15) is 0 Å². The van der Waals surface area contributed by atoms with Gasteiger partial charge < -0.3 is 5.11 Å². The van der Waals surface area contributed by atoms with Crippen molar-refractivity contribution in [3.63, 3.8) is 0 Å². The van der Waals surface area contributed by atoms with Crippen LogP contribution in [-0.2, 0) is 11.3 Å². The Bertz CT molecular complexity index is 728. The third-order valence-corrected chi connectivity index (χ3v) is 3.75. The summed E-state index contributed by atoms with van der Waals surface area (Å²) in [7, 11) is 0. The van der Waals surface area contributed by atoms with E-state index in [9.17, 15) is 9.59 Å². The number of hydrogen-bond acceptors (Lipinski definition) is 4. The highest BCUT2D eigenvalue weighted by molar-refractivity contribution is 7.12. The van der Waals surface area contributed by atoms with Gasteiger partial charge >= 0.3 is 5.97 Å². The molecule has 0 saturated carbocycles. The van der Waals surface area contributed by atoms with E-state index in [-0.39, 0.29) is 5.56 Å². The summed E-state index contributed by atoms with van der Waals surface area (Å²) in [6.45, 7) is 4.04. The summed E-state index contributed by atoms with van der Waals surface area (Å²) >= 11 is 1.45. The fourth-order valence-corrected chi connectivity index (χ4v) is 2.74. The topological polar surface area (TPSA) is 72.2 Å². The highest BCUT2D eigenvalue weighted by Gasteiger charge is 2.05. The first-order valence-electron chi connectivity index (χ1n) is 6.00. The van der Waals surface area contributed by atoms with Gasteiger partial charge in [0.25, 0.3) is 5.56 Å². The lowest BCUT2D eigenvalue weighted by Gasteiger charge is -2.07. The molecule has 20 heavy (non-hydrogen) atoms. The van der Waals surface area contributed by atoms with E-state index >= 15 is 0 Å². The average Bonchev–Trinajstić information content (AvgIpc) is 2.79. The van der Waals surface area contributed by atoms with Gasteiger partial charge in [-0.1, -0.05) is 0 Å². The van der Waals surface area contributed by atoms with Gasteiger partial charge in [-0.3, -0.25) is 9.36 Å². The van der Waals surface area contributed by atoms with Crippen LogP contribution < -0.4 is 5.56 Å². The van der Waals surface area contributed by atoms with E-state index in [4.69, 9.17) is 5.11 Å². The van der Waals surface area contributed by atoms with Gasteiger partial charge in [0, 0.05) is 27.6 Å². The first-order valence-corrected chi connectivity index (χ1v) is 6.82. The Balaban J connectivity index is 2.23. The average molecular weight is 290 g/mol. The molecule has 2 rings (SSSR count). The number of nitrogens with zero attached hydrogens (tertiary/aromatic N) is 2. The van der Waals surface area contributed by atoms with Gasteiger partial charge in [-0.05, 0) is 32.1 Å². The number of carboxylic acids is 1. The Labute approximate surface area is 119 Å². The van der Waals surface area contributed by atoms with Crippen LogP contribution in [-0.4, -0.2) is 20.6 Å². The largest absolute Gasteiger partial charge is 0.478 e. The number of aromatic nitrogens is 2. The maximum absolute atomic E-state index is 11.9. The number of carboxylic acid groups (broad SMARTS) is 1. The Hall–Kier alpha value is -2.21. The fraction of sp³-hybridized carbons (Fsp3) is 0.214. The fourth-order valence-electron chi connectivity index (χ4n) is 1.83. The Morgan fingerprint density at radius 3 is 2.85 bits per heavy atom. The number of thiophene rings is 1. The van der Waals surface area contributed by atoms with Gasteiger partial charge in [0.1, 0.15) is 5.82 Å². The highest BCUT2D eigenvalue weighted by Crippen LogP contribution is 2.18. The zero-order chi connectivity index (χ0) is 14.7. The molecule has 104 valence electrons. The molecule has 0 aromatic carbocycles. The molecule has 6 heteroatoms. The molecule has 0 atom stereocenters. The van der Waals surface area contributed by atoms with E-state index in [1.54, 1.807) is 24.5 Å². The minimum absolute atomic E-state index is 0.0778. The summed E-state index contributed by atoms with van der Waals surface area (Å²) in [4.78, 5) is 28.5. The second-order valence-corrected chi connectivity index (χ2v) is 5.54. The molecule has 0 saturated heterocycles. The summed E-state index contributed by atoms with van der Waals surface area (Å²) in [5.41, 5.74) is 0.631. The van der Waals surface area contributed by atoms with Gasteiger partial charge in [0.05, 0.1) is 6.54 Å². The number of rotatable bonds is 4. The molecule has 0 aliphatic heterocycles. The molecule has 0 aliphatic rings. The predicted octanol–water partition coefficient (Wildman–Crippen LogP) is 2.07. The summed E-state index contributed by atoms with van der Waals surface area (Å²) in [5, 5.41) is 8.58. The van der Waals surface area contributed by atoms with Crippen molar-refractivity contribution in [2.75, 3.05) is 0 Å². The van der Waals surface area contributed by atoms with E-state index in [0.717, 1.165) is 15.8 Å². The number of aliphatic carboxylic acids is 1. The molecule has 0 bridgehead atoms. The number of carbonyl (C=O) groups is 1. The molecule has 2 aromatic rings. The van der Waals surface area contributed by atoms with Crippen LogP contribution in [0, 0.1) is 13.8 Å². The van der Waals surface area contributed by atoms with Crippen molar-refractivity contribution >= 4 is 23.4 Å². The lowest BCUT2D eigenvalue weighted by molar-refractivity contribution is -0.131. The minimum Gasteiger partial charge on any atom is -0.478 e. The van der Waals surface area contributed by atoms with Crippen LogP contribution in [0.2, 0.25) is 0 Å². The SMILES string of the molecule is Cc1cc(=O)n(Cc2ccc(C=CC(=O)O)s2)c(C)n1. The third kappa shape index (κ3) is 3.42. The summed E-state index contributed by atoms with van der Waals surface area (Å²) in [5.74, 6) is -0.305. The molecule has 0 radical (unpaired) electrons. The monoisotopic (exact) mass is 290 g/mol. The summed E-state index contributed by atoms with van der Waals surface area (Å²) < 4.78 is 1.60. The Morgan fingerprint density at radius 2 is 2.20 bits per heavy atom. The standard InChI is InChI=1S/C14H14N2O3S/c1-9-7-13(17)16(10(2)15-9)8-12-4-3-11(20-12)5-6-14(18)19/h3-7H,8H2,1-2H3,(H,18,19). The zero-order valence-electron chi connectivity index (χ0n) is 11.2. The molecule has 5 nitrogen and oxygen atoms in total. The van der Waals surface area contributed by atoms with Gasteiger partial charge in [0.2, 0.25) is 0 Å². The number of hydrogen-bond donors (Lipinski definition) is 1. The summed E-state index contributed by atoms with van der Waals surface area (Å²) in [6, 6.07) is 5.23. The first-order chi connectivity index (χ1) is 9.45. The van der Waals surface area contributed by atoms with E-state index in [1.165, 1.54) is 17.4 Å². The van der Waals surface area contributed by atoms with Gasteiger partial charge in [-0.25, -0.2) is 9.78 Å². The Morgan fingerprint density at radius 1 is 1.45 bits per heavy atom. The molecule has 0 amide bonds. The maximum atomic E-state index is 11.9. The van der Waals surface area contributed by atoms with Crippen molar-refractivity contribution < 1.29 is 9.90 Å². The quantitative estimate of drug-likeness (QED) is 0.875. The van der Waals surface area contributed by atoms with Gasteiger partial charge in [-0.15, -0.1) is 11.3 Å². The van der Waals surface area contributed by atoms with Crippen LogP contribution >= 0.6 is 11.3 Å². The van der Waals surface area contributed by atoms with Crippen LogP contribution in [0.5, 0.6) is 0 Å². The zero-order valence-corrected chi connectivity index (χ0v) is 12.0. The predicted molar refractivity (Wildman–Crippen MR) is 78.1 cm³/mol. The van der Waals surface area contributed by atoms with Gasteiger partial charge in [0.15, 0.2) is 0 Å². The second-order valence-electron chi connectivity index (χ2n) is 4.34.